The first-order chi connectivity index (χ1) is 9.19. The highest BCUT2D eigenvalue weighted by Crippen LogP contribution is 2.02. The normalized spacial score (nSPS) is 15.5. The van der Waals surface area contributed by atoms with Crippen LogP contribution in [0.5, 0.6) is 0 Å². The van der Waals surface area contributed by atoms with Crippen LogP contribution < -0.4 is 5.43 Å². The molecule has 1 fully saturated rings. The number of hydrazine groups is 1. The molecule has 1 N–H and O–H groups in total. The van der Waals surface area contributed by atoms with Gasteiger partial charge in [0, 0.05) is 19.3 Å². The van der Waals surface area contributed by atoms with Crippen LogP contribution in [0.25, 0.3) is 0 Å². The molecule has 0 atom stereocenters. The van der Waals surface area contributed by atoms with E-state index in [-0.39, 0.29) is 18.8 Å². The molecule has 0 aromatic carbocycles. The summed E-state index contributed by atoms with van der Waals surface area (Å²) in [4.78, 5) is 23.3. The van der Waals surface area contributed by atoms with Crippen molar-refractivity contribution in [1.29, 1.82) is 0 Å². The van der Waals surface area contributed by atoms with Crippen LogP contribution in [0.4, 0.5) is 0 Å². The number of carbonyl (C=O) groups excluding carboxylic acids is 2. The van der Waals surface area contributed by atoms with E-state index in [1.165, 1.54) is 6.20 Å². The van der Waals surface area contributed by atoms with Crippen LogP contribution in [0, 0.1) is 0 Å². The minimum Gasteiger partial charge on any atom is -0.462 e. The van der Waals surface area contributed by atoms with Crippen LogP contribution in [0.1, 0.15) is 13.8 Å². The van der Waals surface area contributed by atoms with Crippen molar-refractivity contribution in [3.63, 3.8) is 0 Å². The lowest BCUT2D eigenvalue weighted by Crippen LogP contribution is -2.43. The summed E-state index contributed by atoms with van der Waals surface area (Å²) < 4.78 is 14.8. The van der Waals surface area contributed by atoms with Gasteiger partial charge in [-0.05, 0) is 13.8 Å². The largest absolute Gasteiger partial charge is 0.462 e. The zero-order chi connectivity index (χ0) is 14.1. The molecule has 0 spiro atoms. The highest BCUT2D eigenvalue weighted by Gasteiger charge is 2.21. The summed E-state index contributed by atoms with van der Waals surface area (Å²) in [6.45, 7) is 6.32. The van der Waals surface area contributed by atoms with E-state index in [0.717, 1.165) is 0 Å². The third kappa shape index (κ3) is 5.27. The van der Waals surface area contributed by atoms with Crippen molar-refractivity contribution in [2.45, 2.75) is 13.8 Å². The molecule has 1 aliphatic rings. The summed E-state index contributed by atoms with van der Waals surface area (Å²) in [6.07, 6.45) is 1.32. The minimum atomic E-state index is -0.693. The fraction of sp³-hybridized carbons (Fsp3) is 0.667. The highest BCUT2D eigenvalue weighted by molar-refractivity contribution is 6.13. The first kappa shape index (κ1) is 15.5. The molecule has 1 saturated heterocycles. The van der Waals surface area contributed by atoms with Crippen molar-refractivity contribution < 1.29 is 23.8 Å². The summed E-state index contributed by atoms with van der Waals surface area (Å²) in [5.41, 5.74) is 2.75. The van der Waals surface area contributed by atoms with E-state index in [0.29, 0.717) is 26.3 Å². The van der Waals surface area contributed by atoms with E-state index in [2.05, 4.69) is 5.43 Å². The Morgan fingerprint density at radius 1 is 1.16 bits per heavy atom. The van der Waals surface area contributed by atoms with Crippen LogP contribution in [0.3, 0.4) is 0 Å². The van der Waals surface area contributed by atoms with Gasteiger partial charge in [0.05, 0.1) is 26.4 Å². The fourth-order valence-electron chi connectivity index (χ4n) is 1.47. The van der Waals surface area contributed by atoms with Gasteiger partial charge in [0.25, 0.3) is 0 Å². The second-order valence-corrected chi connectivity index (χ2v) is 3.73. The molecule has 1 rings (SSSR count). The van der Waals surface area contributed by atoms with Crippen LogP contribution in [0.2, 0.25) is 0 Å². The molecule has 7 nitrogen and oxygen atoms in total. The molecule has 0 aliphatic carbocycles. The van der Waals surface area contributed by atoms with Crippen LogP contribution in [0.15, 0.2) is 11.8 Å². The second-order valence-electron chi connectivity index (χ2n) is 3.73. The number of nitrogens with one attached hydrogen (secondary N) is 1. The molecule has 0 amide bonds. The number of carbonyl (C=O) groups is 2. The molecule has 1 aliphatic heterocycles. The number of hydrogen-bond donors (Lipinski definition) is 1. The van der Waals surface area contributed by atoms with Crippen molar-refractivity contribution in [2.75, 3.05) is 39.5 Å². The summed E-state index contributed by atoms with van der Waals surface area (Å²) >= 11 is 0. The quantitative estimate of drug-likeness (QED) is 0.311. The van der Waals surface area contributed by atoms with E-state index >= 15 is 0 Å². The zero-order valence-electron chi connectivity index (χ0n) is 11.3. The Labute approximate surface area is 112 Å². The molecule has 0 bridgehead atoms. The van der Waals surface area contributed by atoms with Crippen molar-refractivity contribution in [1.82, 2.24) is 10.4 Å². The SMILES string of the molecule is CCOC(=O)C(=CNN1CCOCC1)C(=O)OCC. The molecule has 7 heteroatoms. The maximum Gasteiger partial charge on any atom is 0.347 e. The molecule has 0 radical (unpaired) electrons. The first-order valence-corrected chi connectivity index (χ1v) is 6.32. The van der Waals surface area contributed by atoms with Gasteiger partial charge in [-0.3, -0.25) is 0 Å². The van der Waals surface area contributed by atoms with E-state index in [1.54, 1.807) is 13.8 Å². The van der Waals surface area contributed by atoms with Crippen molar-refractivity contribution >= 4 is 11.9 Å². The van der Waals surface area contributed by atoms with Crippen molar-refractivity contribution in [3.05, 3.63) is 11.8 Å². The number of nitrogens with zero attached hydrogens (tertiary/aromatic N) is 1. The van der Waals surface area contributed by atoms with E-state index in [9.17, 15) is 9.59 Å². The van der Waals surface area contributed by atoms with Gasteiger partial charge in [0.1, 0.15) is 0 Å². The molecule has 0 unspecified atom stereocenters. The number of esters is 2. The van der Waals surface area contributed by atoms with Crippen molar-refractivity contribution in [3.8, 4) is 0 Å². The Morgan fingerprint density at radius 3 is 2.16 bits per heavy atom. The first-order valence-electron chi connectivity index (χ1n) is 6.32. The van der Waals surface area contributed by atoms with E-state index < -0.39 is 11.9 Å². The molecule has 19 heavy (non-hydrogen) atoms. The molecular weight excluding hydrogens is 252 g/mol. The third-order valence-corrected chi connectivity index (χ3v) is 2.39. The maximum atomic E-state index is 11.7. The molecular formula is C12H20N2O5. The van der Waals surface area contributed by atoms with Crippen LogP contribution in [-0.4, -0.2) is 56.5 Å². The van der Waals surface area contributed by atoms with Crippen LogP contribution >= 0.6 is 0 Å². The lowest BCUT2D eigenvalue weighted by atomic mass is 10.3. The smallest absolute Gasteiger partial charge is 0.347 e. The monoisotopic (exact) mass is 272 g/mol. The highest BCUT2D eigenvalue weighted by atomic mass is 16.6. The van der Waals surface area contributed by atoms with Crippen molar-refractivity contribution in [2.24, 2.45) is 0 Å². The van der Waals surface area contributed by atoms with Gasteiger partial charge in [-0.2, -0.15) is 0 Å². The zero-order valence-corrected chi connectivity index (χ0v) is 11.3. The Morgan fingerprint density at radius 2 is 1.68 bits per heavy atom. The summed E-state index contributed by atoms with van der Waals surface area (Å²) in [5.74, 6) is -1.39. The van der Waals surface area contributed by atoms with E-state index in [4.69, 9.17) is 14.2 Å². The summed E-state index contributed by atoms with van der Waals surface area (Å²) in [7, 11) is 0. The lowest BCUT2D eigenvalue weighted by Gasteiger charge is -2.26. The maximum absolute atomic E-state index is 11.7. The standard InChI is InChI=1S/C12H20N2O5/c1-3-18-11(15)10(12(16)19-4-2)9-13-14-5-7-17-8-6-14/h9,13H,3-8H2,1-2H3. The van der Waals surface area contributed by atoms with E-state index in [1.807, 2.05) is 5.01 Å². The number of morpholine rings is 1. The van der Waals surface area contributed by atoms with Gasteiger partial charge in [-0.25, -0.2) is 14.6 Å². The molecule has 1 heterocycles. The fourth-order valence-corrected chi connectivity index (χ4v) is 1.47. The Bertz CT molecular complexity index is 317. The number of ether oxygens (including phenoxy) is 3. The van der Waals surface area contributed by atoms with Gasteiger partial charge in [0.2, 0.25) is 0 Å². The minimum absolute atomic E-state index is 0.143. The lowest BCUT2D eigenvalue weighted by molar-refractivity contribution is -0.146. The third-order valence-electron chi connectivity index (χ3n) is 2.39. The van der Waals surface area contributed by atoms with Crippen LogP contribution in [-0.2, 0) is 23.8 Å². The molecule has 0 saturated carbocycles. The Hall–Kier alpha value is -1.60. The number of rotatable bonds is 6. The average Bonchev–Trinajstić information content (AvgIpc) is 2.41. The van der Waals surface area contributed by atoms with Gasteiger partial charge < -0.3 is 19.6 Å². The Kier molecular flexibility index (Phi) is 6.91. The van der Waals surface area contributed by atoms with Gasteiger partial charge in [-0.15, -0.1) is 0 Å². The molecule has 0 aromatic heterocycles. The van der Waals surface area contributed by atoms with Gasteiger partial charge in [0.15, 0.2) is 5.57 Å². The van der Waals surface area contributed by atoms with Gasteiger partial charge in [-0.1, -0.05) is 0 Å². The average molecular weight is 272 g/mol. The topological polar surface area (TPSA) is 77.1 Å². The Balaban J connectivity index is 2.64. The predicted octanol–water partition coefficient (Wildman–Crippen LogP) is -0.167. The summed E-state index contributed by atoms with van der Waals surface area (Å²) in [6, 6.07) is 0. The molecule has 108 valence electrons. The second kappa shape index (κ2) is 8.49. The number of hydrogen-bond acceptors (Lipinski definition) is 7. The summed E-state index contributed by atoms with van der Waals surface area (Å²) in [5, 5.41) is 1.85. The molecule has 0 aromatic rings. The van der Waals surface area contributed by atoms with Gasteiger partial charge >= 0.3 is 11.9 Å². The predicted molar refractivity (Wildman–Crippen MR) is 66.9 cm³/mol.